The van der Waals surface area contributed by atoms with Gasteiger partial charge in [-0.15, -0.1) is 0 Å². The van der Waals surface area contributed by atoms with E-state index in [1.165, 1.54) is 0 Å². The number of urea groups is 1. The summed E-state index contributed by atoms with van der Waals surface area (Å²) in [5, 5.41) is 15.6. The molecule has 3 fully saturated rings. The van der Waals surface area contributed by atoms with Crippen molar-refractivity contribution >= 4 is 6.03 Å². The second-order valence-electron chi connectivity index (χ2n) is 11.5. The van der Waals surface area contributed by atoms with Crippen LogP contribution >= 0.6 is 0 Å². The third-order valence-corrected chi connectivity index (χ3v) is 9.32. The summed E-state index contributed by atoms with van der Waals surface area (Å²) in [7, 11) is 0. The molecule has 3 aliphatic rings. The topological polar surface area (TPSA) is 77.8 Å². The fourth-order valence-electron chi connectivity index (χ4n) is 7.08. The second kappa shape index (κ2) is 10.6. The third kappa shape index (κ3) is 4.90. The largest absolute Gasteiger partial charge is 0.387 e. The SMILES string of the molecule is O=C(N1CCC(O)(Cn2ccc(-c3ccccc3)cc2=O)C2(CCCC2)C1)N1CCNC[C@H]1c1ccccc1. The molecule has 1 aliphatic carbocycles. The second-order valence-corrected chi connectivity index (χ2v) is 11.5. The first kappa shape index (κ1) is 25.8. The average Bonchev–Trinajstić information content (AvgIpc) is 3.46. The van der Waals surface area contributed by atoms with E-state index >= 15 is 0 Å². The lowest BCUT2D eigenvalue weighted by Crippen LogP contribution is -2.64. The van der Waals surface area contributed by atoms with Gasteiger partial charge in [0.15, 0.2) is 0 Å². The van der Waals surface area contributed by atoms with Gasteiger partial charge in [0.1, 0.15) is 0 Å². The molecule has 0 bridgehead atoms. The monoisotopic (exact) mass is 526 g/mol. The number of hydrogen-bond donors (Lipinski definition) is 2. The zero-order valence-corrected chi connectivity index (χ0v) is 22.5. The summed E-state index contributed by atoms with van der Waals surface area (Å²) < 4.78 is 1.66. The molecule has 2 aromatic carbocycles. The molecule has 2 saturated heterocycles. The van der Waals surface area contributed by atoms with E-state index in [1.807, 2.05) is 70.6 Å². The maximum Gasteiger partial charge on any atom is 0.320 e. The first-order valence-electron chi connectivity index (χ1n) is 14.3. The summed E-state index contributed by atoms with van der Waals surface area (Å²) in [6.45, 7) is 3.45. The molecular weight excluding hydrogens is 488 g/mol. The van der Waals surface area contributed by atoms with Crippen LogP contribution in [0.5, 0.6) is 0 Å². The highest BCUT2D eigenvalue weighted by atomic mass is 16.3. The lowest BCUT2D eigenvalue weighted by Gasteiger charge is -2.53. The number of hydrogen-bond acceptors (Lipinski definition) is 4. The molecule has 1 saturated carbocycles. The van der Waals surface area contributed by atoms with E-state index in [0.29, 0.717) is 26.1 Å². The van der Waals surface area contributed by atoms with Gasteiger partial charge in [-0.2, -0.15) is 0 Å². The van der Waals surface area contributed by atoms with Crippen molar-refractivity contribution in [2.24, 2.45) is 5.41 Å². The van der Waals surface area contributed by atoms with Crippen molar-refractivity contribution in [2.45, 2.75) is 50.3 Å². The van der Waals surface area contributed by atoms with Gasteiger partial charge in [0, 0.05) is 50.4 Å². The molecule has 2 amide bonds. The Morgan fingerprint density at radius 1 is 0.923 bits per heavy atom. The number of piperidine rings is 1. The molecule has 2 atom stereocenters. The van der Waals surface area contributed by atoms with Gasteiger partial charge < -0.3 is 24.8 Å². The predicted molar refractivity (Wildman–Crippen MR) is 152 cm³/mol. The van der Waals surface area contributed by atoms with Crippen molar-refractivity contribution in [1.82, 2.24) is 19.7 Å². The van der Waals surface area contributed by atoms with Gasteiger partial charge in [-0.1, -0.05) is 73.5 Å². The number of amides is 2. The Bertz CT molecular complexity index is 1350. The Labute approximate surface area is 230 Å². The number of rotatable bonds is 4. The van der Waals surface area contributed by atoms with Crippen LogP contribution in [-0.4, -0.2) is 63.8 Å². The van der Waals surface area contributed by atoms with Crippen LogP contribution in [-0.2, 0) is 6.54 Å². The van der Waals surface area contributed by atoms with Crippen LogP contribution in [0.15, 0.2) is 83.8 Å². The Morgan fingerprint density at radius 2 is 1.64 bits per heavy atom. The zero-order chi connectivity index (χ0) is 26.9. The summed E-state index contributed by atoms with van der Waals surface area (Å²) in [4.78, 5) is 31.1. The Hall–Kier alpha value is -3.42. The minimum Gasteiger partial charge on any atom is -0.387 e. The number of pyridine rings is 1. The number of piperazine rings is 1. The fraction of sp³-hybridized carbons (Fsp3) is 0.438. The van der Waals surface area contributed by atoms with Crippen LogP contribution in [0.25, 0.3) is 11.1 Å². The van der Waals surface area contributed by atoms with Gasteiger partial charge in [-0.25, -0.2) is 4.79 Å². The summed E-state index contributed by atoms with van der Waals surface area (Å²) in [5.41, 5.74) is 1.46. The van der Waals surface area contributed by atoms with Crippen LogP contribution in [0.4, 0.5) is 4.79 Å². The normalized spacial score (nSPS) is 24.7. The van der Waals surface area contributed by atoms with E-state index in [2.05, 4.69) is 17.4 Å². The quantitative estimate of drug-likeness (QED) is 0.532. The third-order valence-electron chi connectivity index (χ3n) is 9.32. The highest BCUT2D eigenvalue weighted by Crippen LogP contribution is 2.51. The molecule has 0 radical (unpaired) electrons. The lowest BCUT2D eigenvalue weighted by atomic mass is 9.66. The molecule has 3 aromatic rings. The molecule has 204 valence electrons. The van der Waals surface area contributed by atoms with E-state index in [1.54, 1.807) is 10.6 Å². The van der Waals surface area contributed by atoms with Crippen LogP contribution in [0.1, 0.15) is 43.7 Å². The van der Waals surface area contributed by atoms with Gasteiger partial charge in [0.2, 0.25) is 0 Å². The first-order chi connectivity index (χ1) is 19.0. The van der Waals surface area contributed by atoms with E-state index in [9.17, 15) is 14.7 Å². The van der Waals surface area contributed by atoms with Crippen LogP contribution < -0.4 is 10.9 Å². The van der Waals surface area contributed by atoms with Crippen LogP contribution in [0, 0.1) is 5.41 Å². The Kier molecular flexibility index (Phi) is 7.04. The van der Waals surface area contributed by atoms with E-state index in [-0.39, 0.29) is 24.2 Å². The van der Waals surface area contributed by atoms with Crippen molar-refractivity contribution in [3.05, 3.63) is 94.9 Å². The van der Waals surface area contributed by atoms with Gasteiger partial charge in [0.05, 0.1) is 18.2 Å². The van der Waals surface area contributed by atoms with Gasteiger partial charge in [0.25, 0.3) is 5.56 Å². The summed E-state index contributed by atoms with van der Waals surface area (Å²) in [6.07, 6.45) is 6.09. The van der Waals surface area contributed by atoms with Gasteiger partial charge in [-0.3, -0.25) is 4.79 Å². The molecule has 1 spiro atoms. The first-order valence-corrected chi connectivity index (χ1v) is 14.3. The number of benzene rings is 2. The number of likely N-dealkylation sites (tertiary alicyclic amines) is 1. The van der Waals surface area contributed by atoms with E-state index in [0.717, 1.165) is 55.5 Å². The van der Waals surface area contributed by atoms with Gasteiger partial charge in [-0.05, 0) is 42.0 Å². The molecule has 2 aliphatic heterocycles. The van der Waals surface area contributed by atoms with Crippen LogP contribution in [0.3, 0.4) is 0 Å². The van der Waals surface area contributed by atoms with Crippen molar-refractivity contribution in [2.75, 3.05) is 32.7 Å². The minimum absolute atomic E-state index is 0.00510. The molecule has 2 N–H and O–H groups in total. The van der Waals surface area contributed by atoms with E-state index < -0.39 is 11.0 Å². The summed E-state index contributed by atoms with van der Waals surface area (Å²) in [5.74, 6) is 0. The summed E-state index contributed by atoms with van der Waals surface area (Å²) >= 11 is 0. The number of nitrogens with zero attached hydrogens (tertiary/aromatic N) is 3. The molecule has 3 heterocycles. The van der Waals surface area contributed by atoms with Crippen molar-refractivity contribution in [3.8, 4) is 11.1 Å². The number of aromatic nitrogens is 1. The highest BCUT2D eigenvalue weighted by Gasteiger charge is 2.56. The number of nitrogens with one attached hydrogen (secondary N) is 1. The maximum absolute atomic E-state index is 14.0. The fourth-order valence-corrected chi connectivity index (χ4v) is 7.08. The smallest absolute Gasteiger partial charge is 0.320 e. The van der Waals surface area contributed by atoms with Crippen molar-refractivity contribution in [1.29, 1.82) is 0 Å². The average molecular weight is 527 g/mol. The molecule has 7 nitrogen and oxygen atoms in total. The number of carbonyl (C=O) groups is 1. The van der Waals surface area contributed by atoms with Crippen molar-refractivity contribution in [3.63, 3.8) is 0 Å². The lowest BCUT2D eigenvalue weighted by molar-refractivity contribution is -0.136. The Balaban J connectivity index is 1.23. The number of aliphatic hydroxyl groups is 1. The summed E-state index contributed by atoms with van der Waals surface area (Å²) in [6, 6.07) is 23.8. The predicted octanol–water partition coefficient (Wildman–Crippen LogP) is 4.28. The Morgan fingerprint density at radius 3 is 2.36 bits per heavy atom. The van der Waals surface area contributed by atoms with E-state index in [4.69, 9.17) is 0 Å². The van der Waals surface area contributed by atoms with Gasteiger partial charge >= 0.3 is 6.03 Å². The highest BCUT2D eigenvalue weighted by molar-refractivity contribution is 5.75. The zero-order valence-electron chi connectivity index (χ0n) is 22.5. The van der Waals surface area contributed by atoms with Crippen LogP contribution in [0.2, 0.25) is 0 Å². The standard InChI is InChI=1S/C32H38N4O3/c37-29-21-27(25-9-3-1-4-10-25)13-18-34(29)24-32(39)16-19-35(23-31(32)14-7-8-15-31)30(38)36-20-17-33-22-28(36)26-11-5-2-6-12-26/h1-6,9-13,18,21,28,33,39H,7-8,14-17,19-20,22-24H2/t28-,32?/m0/s1. The van der Waals surface area contributed by atoms with Crippen molar-refractivity contribution < 1.29 is 9.90 Å². The molecule has 7 heteroatoms. The maximum atomic E-state index is 14.0. The molecule has 1 unspecified atom stereocenters. The molecule has 6 rings (SSSR count). The molecule has 39 heavy (non-hydrogen) atoms. The number of carbonyl (C=O) groups excluding carboxylic acids is 1. The molecule has 1 aromatic heterocycles. The molecular formula is C32H38N4O3. The minimum atomic E-state index is -1.04.